The van der Waals surface area contributed by atoms with Crippen molar-refractivity contribution in [2.75, 3.05) is 7.05 Å². The second-order valence-electron chi connectivity index (χ2n) is 9.79. The molecule has 4 nitrogen and oxygen atoms in total. The summed E-state index contributed by atoms with van der Waals surface area (Å²) in [5.41, 5.74) is 4.08. The fraction of sp³-hybridized carbons (Fsp3) is 0.500. The fourth-order valence-corrected chi connectivity index (χ4v) is 8.02. The lowest BCUT2D eigenvalue weighted by Gasteiger charge is -2.29. The highest BCUT2D eigenvalue weighted by Gasteiger charge is 2.84. The zero-order valence-electron chi connectivity index (χ0n) is 17.4. The molecule has 0 amide bonds. The van der Waals surface area contributed by atoms with Gasteiger partial charge in [0.2, 0.25) is 10.0 Å². The number of sulfonamides is 1. The van der Waals surface area contributed by atoms with E-state index in [1.807, 2.05) is 24.3 Å². The predicted octanol–water partition coefficient (Wildman–Crippen LogP) is 4.02. The van der Waals surface area contributed by atoms with Crippen LogP contribution < -0.4 is 4.72 Å². The molecule has 1 N–H and O–H groups in total. The van der Waals surface area contributed by atoms with E-state index >= 15 is 0 Å². The van der Waals surface area contributed by atoms with Gasteiger partial charge in [0.15, 0.2) is 0 Å². The Labute approximate surface area is 187 Å². The summed E-state index contributed by atoms with van der Waals surface area (Å²) < 4.78 is 42.4. The molecule has 3 unspecified atom stereocenters. The molecule has 2 saturated carbocycles. The molecule has 164 valence electrons. The van der Waals surface area contributed by atoms with Crippen LogP contribution >= 0.6 is 11.6 Å². The number of fused-ring (bicyclic) bond motifs is 4. The normalized spacial score (nSPS) is 33.1. The first-order valence-electron chi connectivity index (χ1n) is 11.1. The maximum Gasteiger partial charge on any atom is 0.214 e. The van der Waals surface area contributed by atoms with Crippen molar-refractivity contribution in [2.24, 2.45) is 5.41 Å². The number of halogens is 2. The van der Waals surface area contributed by atoms with Gasteiger partial charge in [-0.2, -0.15) is 0 Å². The van der Waals surface area contributed by atoms with Crippen molar-refractivity contribution >= 4 is 21.6 Å². The van der Waals surface area contributed by atoms with Crippen LogP contribution in [0.25, 0.3) is 0 Å². The van der Waals surface area contributed by atoms with Crippen molar-refractivity contribution in [1.82, 2.24) is 9.62 Å². The molecular formula is C24H26ClFN2O2S. The van der Waals surface area contributed by atoms with Crippen molar-refractivity contribution in [3.63, 3.8) is 0 Å². The highest BCUT2D eigenvalue weighted by atomic mass is 35.5. The molecular weight excluding hydrogens is 435 g/mol. The minimum Gasteiger partial charge on any atom is -0.296 e. The molecule has 2 aromatic carbocycles. The molecule has 6 rings (SSSR count). The Bertz CT molecular complexity index is 1170. The molecule has 31 heavy (non-hydrogen) atoms. The van der Waals surface area contributed by atoms with E-state index in [2.05, 4.69) is 22.7 Å². The third-order valence-electron chi connectivity index (χ3n) is 8.19. The standard InChI is InChI=1S/C24H26ClFN2O2S/c1-28-22-23(28)24(22)12-15-11-21(26)16(13-27-31(29,30)18-6-3-7-18)10-19(15)20(24)9-14-4-2-5-17(25)8-14/h2,4-5,8,10-11,18,20,22-23,27H,3,6-7,9,12-13H2,1H3. The van der Waals surface area contributed by atoms with Gasteiger partial charge in [-0.3, -0.25) is 4.90 Å². The molecule has 3 aliphatic carbocycles. The van der Waals surface area contributed by atoms with E-state index in [-0.39, 0.29) is 23.0 Å². The molecule has 1 heterocycles. The average molecular weight is 461 g/mol. The summed E-state index contributed by atoms with van der Waals surface area (Å²) in [7, 11) is -1.22. The second kappa shape index (κ2) is 6.77. The number of hydrogen-bond donors (Lipinski definition) is 1. The summed E-state index contributed by atoms with van der Waals surface area (Å²) in [5.74, 6) is -0.00829. The van der Waals surface area contributed by atoms with Gasteiger partial charge in [0.05, 0.1) is 5.25 Å². The minimum atomic E-state index is -3.38. The number of likely N-dealkylation sites (tertiary alicyclic amines) is 1. The van der Waals surface area contributed by atoms with Crippen LogP contribution in [0.3, 0.4) is 0 Å². The van der Waals surface area contributed by atoms with E-state index in [4.69, 9.17) is 11.6 Å². The summed E-state index contributed by atoms with van der Waals surface area (Å²) in [6, 6.07) is 12.7. The van der Waals surface area contributed by atoms with Crippen LogP contribution in [0.15, 0.2) is 36.4 Å². The molecule has 3 fully saturated rings. The molecule has 4 aliphatic rings. The molecule has 0 aromatic heterocycles. The van der Waals surface area contributed by atoms with E-state index in [9.17, 15) is 12.8 Å². The molecule has 1 saturated heterocycles. The van der Waals surface area contributed by atoms with Crippen LogP contribution in [0.1, 0.15) is 47.4 Å². The number of nitrogens with zero attached hydrogens (tertiary/aromatic N) is 1. The van der Waals surface area contributed by atoms with Crippen molar-refractivity contribution in [1.29, 1.82) is 0 Å². The Morgan fingerprint density at radius 3 is 2.65 bits per heavy atom. The molecule has 1 aliphatic heterocycles. The lowest BCUT2D eigenvalue weighted by atomic mass is 9.81. The third kappa shape index (κ3) is 3.02. The van der Waals surface area contributed by atoms with Gasteiger partial charge in [-0.15, -0.1) is 0 Å². The van der Waals surface area contributed by atoms with Crippen LogP contribution in [-0.2, 0) is 29.4 Å². The summed E-state index contributed by atoms with van der Waals surface area (Å²) >= 11 is 6.23. The predicted molar refractivity (Wildman–Crippen MR) is 119 cm³/mol. The van der Waals surface area contributed by atoms with Gasteiger partial charge in [0.1, 0.15) is 5.82 Å². The van der Waals surface area contributed by atoms with Crippen molar-refractivity contribution in [3.05, 3.63) is 69.5 Å². The first-order chi connectivity index (χ1) is 14.8. The Kier molecular flexibility index (Phi) is 4.40. The van der Waals surface area contributed by atoms with Crippen LogP contribution in [0.5, 0.6) is 0 Å². The molecule has 0 radical (unpaired) electrons. The van der Waals surface area contributed by atoms with Crippen molar-refractivity contribution in [2.45, 2.75) is 61.9 Å². The lowest BCUT2D eigenvalue weighted by Crippen LogP contribution is -2.38. The maximum atomic E-state index is 14.9. The molecule has 0 bridgehead atoms. The number of nitrogens with one attached hydrogen (secondary N) is 1. The maximum absolute atomic E-state index is 14.9. The van der Waals surface area contributed by atoms with Crippen molar-refractivity contribution < 1.29 is 12.8 Å². The van der Waals surface area contributed by atoms with Gasteiger partial charge in [-0.05, 0) is 73.5 Å². The minimum absolute atomic E-state index is 0.0155. The summed E-state index contributed by atoms with van der Waals surface area (Å²) in [5, 5.41) is 0.408. The first kappa shape index (κ1) is 20.2. The van der Waals surface area contributed by atoms with Crippen LogP contribution in [-0.4, -0.2) is 37.7 Å². The number of rotatable bonds is 6. The first-order valence-corrected chi connectivity index (χ1v) is 13.0. The Balaban J connectivity index is 1.30. The monoisotopic (exact) mass is 460 g/mol. The van der Waals surface area contributed by atoms with Crippen LogP contribution in [0, 0.1) is 11.2 Å². The van der Waals surface area contributed by atoms with E-state index in [1.54, 1.807) is 6.07 Å². The molecule has 7 heteroatoms. The fourth-order valence-electron chi connectivity index (χ4n) is 6.27. The van der Waals surface area contributed by atoms with Gasteiger partial charge in [0, 0.05) is 34.6 Å². The molecule has 3 atom stereocenters. The lowest BCUT2D eigenvalue weighted by molar-refractivity contribution is 0.226. The Morgan fingerprint density at radius 2 is 2.00 bits per heavy atom. The highest BCUT2D eigenvalue weighted by molar-refractivity contribution is 7.90. The van der Waals surface area contributed by atoms with Crippen LogP contribution in [0.2, 0.25) is 5.02 Å². The van der Waals surface area contributed by atoms with Gasteiger partial charge >= 0.3 is 0 Å². The topological polar surface area (TPSA) is 49.2 Å². The highest BCUT2D eigenvalue weighted by Crippen LogP contribution is 2.76. The van der Waals surface area contributed by atoms with E-state index in [0.29, 0.717) is 36.4 Å². The SMILES string of the molecule is CN1C2C1C21Cc2cc(F)c(CNS(=O)(=O)C3CCC3)cc2C1Cc1cccc(Cl)c1. The number of likely N-dealkylation sites (N-methyl/N-ethyl adjacent to an activating group) is 1. The zero-order chi connectivity index (χ0) is 21.5. The largest absolute Gasteiger partial charge is 0.296 e. The Hall–Kier alpha value is -1.47. The smallest absolute Gasteiger partial charge is 0.214 e. The summed E-state index contributed by atoms with van der Waals surface area (Å²) in [6.07, 6.45) is 4.11. The van der Waals surface area contributed by atoms with E-state index in [1.165, 1.54) is 11.1 Å². The van der Waals surface area contributed by atoms with E-state index in [0.717, 1.165) is 29.8 Å². The van der Waals surface area contributed by atoms with Gasteiger partial charge < -0.3 is 0 Å². The Morgan fingerprint density at radius 1 is 1.23 bits per heavy atom. The average Bonchev–Trinajstić information content (AvgIpc) is 3.51. The van der Waals surface area contributed by atoms with E-state index < -0.39 is 10.0 Å². The van der Waals surface area contributed by atoms with Gasteiger partial charge in [0.25, 0.3) is 0 Å². The van der Waals surface area contributed by atoms with Crippen LogP contribution in [0.4, 0.5) is 4.39 Å². The number of benzene rings is 2. The van der Waals surface area contributed by atoms with Gasteiger partial charge in [-0.1, -0.05) is 36.2 Å². The summed E-state index contributed by atoms with van der Waals surface area (Å²) in [4.78, 5) is 2.39. The zero-order valence-corrected chi connectivity index (χ0v) is 19.0. The summed E-state index contributed by atoms with van der Waals surface area (Å²) in [6.45, 7) is 0.0155. The van der Waals surface area contributed by atoms with Crippen molar-refractivity contribution in [3.8, 4) is 0 Å². The van der Waals surface area contributed by atoms with Gasteiger partial charge in [-0.25, -0.2) is 17.5 Å². The molecule has 2 aromatic rings. The molecule has 1 spiro atoms. The quantitative estimate of drug-likeness (QED) is 0.662. The second-order valence-corrected chi connectivity index (χ2v) is 12.3. The third-order valence-corrected chi connectivity index (χ3v) is 10.3. The number of hydrogen-bond acceptors (Lipinski definition) is 3.